The number of thiophene rings is 1. The fourth-order valence-corrected chi connectivity index (χ4v) is 2.97. The highest BCUT2D eigenvalue weighted by molar-refractivity contribution is 14.1. The molecule has 0 aliphatic rings. The van der Waals surface area contributed by atoms with Crippen LogP contribution in [-0.4, -0.2) is 19.0 Å². The molecule has 6 heteroatoms. The number of nitrogens with two attached hydrogens (primary N) is 1. The van der Waals surface area contributed by atoms with Gasteiger partial charge in [0.1, 0.15) is 0 Å². The van der Waals surface area contributed by atoms with Crippen molar-refractivity contribution in [3.05, 3.63) is 19.9 Å². The SMILES string of the molecule is CCCCN=C(N)NCCc1ccc(I)s1.I. The van der Waals surface area contributed by atoms with Crippen LogP contribution in [0.2, 0.25) is 0 Å². The van der Waals surface area contributed by atoms with Crippen LogP contribution in [0.1, 0.15) is 24.6 Å². The van der Waals surface area contributed by atoms with Gasteiger partial charge in [-0.1, -0.05) is 13.3 Å². The number of hydrogen-bond donors (Lipinski definition) is 2. The second kappa shape index (κ2) is 10.4. The Kier molecular flexibility index (Phi) is 10.6. The van der Waals surface area contributed by atoms with Gasteiger partial charge in [0.25, 0.3) is 0 Å². The zero-order chi connectivity index (χ0) is 11.8. The van der Waals surface area contributed by atoms with Gasteiger partial charge in [-0.15, -0.1) is 35.3 Å². The molecule has 1 aromatic rings. The lowest BCUT2D eigenvalue weighted by Gasteiger charge is -2.04. The largest absolute Gasteiger partial charge is 0.370 e. The van der Waals surface area contributed by atoms with E-state index in [1.165, 1.54) is 7.76 Å². The van der Waals surface area contributed by atoms with Crippen LogP contribution in [-0.2, 0) is 6.42 Å². The van der Waals surface area contributed by atoms with Crippen LogP contribution in [0.25, 0.3) is 0 Å². The van der Waals surface area contributed by atoms with Crippen LogP contribution in [0, 0.1) is 2.88 Å². The fraction of sp³-hybridized carbons (Fsp3) is 0.545. The van der Waals surface area contributed by atoms with Crippen molar-refractivity contribution in [1.29, 1.82) is 0 Å². The van der Waals surface area contributed by atoms with E-state index in [0.717, 1.165) is 32.4 Å². The number of nitrogens with zero attached hydrogens (tertiary/aromatic N) is 1. The zero-order valence-corrected chi connectivity index (χ0v) is 15.2. The maximum absolute atomic E-state index is 5.72. The molecule has 0 saturated heterocycles. The molecule has 0 aromatic carbocycles. The van der Waals surface area contributed by atoms with Crippen molar-refractivity contribution in [2.45, 2.75) is 26.2 Å². The quantitative estimate of drug-likeness (QED) is 0.285. The smallest absolute Gasteiger partial charge is 0.188 e. The third kappa shape index (κ3) is 8.20. The zero-order valence-electron chi connectivity index (χ0n) is 9.91. The summed E-state index contributed by atoms with van der Waals surface area (Å²) in [7, 11) is 0. The van der Waals surface area contributed by atoms with Crippen molar-refractivity contribution in [2.24, 2.45) is 10.7 Å². The van der Waals surface area contributed by atoms with Crippen molar-refractivity contribution in [1.82, 2.24) is 5.32 Å². The molecule has 3 nitrogen and oxygen atoms in total. The summed E-state index contributed by atoms with van der Waals surface area (Å²) < 4.78 is 1.33. The maximum atomic E-state index is 5.72. The Labute approximate surface area is 138 Å². The van der Waals surface area contributed by atoms with Crippen LogP contribution >= 0.6 is 57.9 Å². The number of halogens is 2. The number of nitrogens with one attached hydrogen (secondary N) is 1. The number of guanidine groups is 1. The molecule has 0 aliphatic carbocycles. The molecule has 1 heterocycles. The van der Waals surface area contributed by atoms with Gasteiger partial charge < -0.3 is 11.1 Å². The lowest BCUT2D eigenvalue weighted by molar-refractivity contribution is 0.792. The van der Waals surface area contributed by atoms with Gasteiger partial charge >= 0.3 is 0 Å². The molecule has 0 amide bonds. The molecule has 0 bridgehead atoms. The highest BCUT2D eigenvalue weighted by atomic mass is 127. The van der Waals surface area contributed by atoms with Crippen molar-refractivity contribution in [3.63, 3.8) is 0 Å². The first-order valence-electron chi connectivity index (χ1n) is 5.50. The Morgan fingerprint density at radius 1 is 1.53 bits per heavy atom. The molecule has 3 N–H and O–H groups in total. The van der Waals surface area contributed by atoms with E-state index in [1.54, 1.807) is 0 Å². The summed E-state index contributed by atoms with van der Waals surface area (Å²) in [5.74, 6) is 0.569. The first-order valence-corrected chi connectivity index (χ1v) is 7.40. The molecule has 0 spiro atoms. The van der Waals surface area contributed by atoms with Gasteiger partial charge in [0.05, 0.1) is 2.88 Å². The minimum absolute atomic E-state index is 0. The predicted molar refractivity (Wildman–Crippen MR) is 95.6 cm³/mol. The van der Waals surface area contributed by atoms with E-state index in [-0.39, 0.29) is 24.0 Å². The van der Waals surface area contributed by atoms with Gasteiger partial charge in [-0.3, -0.25) is 4.99 Å². The fourth-order valence-electron chi connectivity index (χ4n) is 1.21. The third-order valence-corrected chi connectivity index (χ3v) is 4.05. The normalized spacial score (nSPS) is 11.1. The summed E-state index contributed by atoms with van der Waals surface area (Å²) in [6.07, 6.45) is 3.27. The van der Waals surface area contributed by atoms with E-state index in [0.29, 0.717) is 5.96 Å². The van der Waals surface area contributed by atoms with Gasteiger partial charge in [-0.25, -0.2) is 0 Å². The Bertz CT molecular complexity index is 339. The summed E-state index contributed by atoms with van der Waals surface area (Å²) in [6.45, 7) is 3.84. The molecule has 1 rings (SSSR count). The molecular weight excluding hydrogens is 460 g/mol. The number of unbranched alkanes of at least 4 members (excludes halogenated alkanes) is 1. The molecule has 98 valence electrons. The van der Waals surface area contributed by atoms with Gasteiger partial charge in [-0.05, 0) is 47.6 Å². The predicted octanol–water partition coefficient (Wildman–Crippen LogP) is 3.22. The highest BCUT2D eigenvalue weighted by Gasteiger charge is 1.97. The van der Waals surface area contributed by atoms with E-state index in [9.17, 15) is 0 Å². The first kappa shape index (κ1) is 17.4. The summed E-state index contributed by atoms with van der Waals surface area (Å²) >= 11 is 4.16. The second-order valence-corrected chi connectivity index (χ2v) is 6.57. The minimum Gasteiger partial charge on any atom is -0.370 e. The average molecular weight is 479 g/mol. The number of rotatable bonds is 6. The molecule has 0 saturated carbocycles. The van der Waals surface area contributed by atoms with Crippen LogP contribution in [0.4, 0.5) is 0 Å². The highest BCUT2D eigenvalue weighted by Crippen LogP contribution is 2.18. The Morgan fingerprint density at radius 2 is 2.29 bits per heavy atom. The van der Waals surface area contributed by atoms with Crippen LogP contribution < -0.4 is 11.1 Å². The van der Waals surface area contributed by atoms with Gasteiger partial charge in [0.15, 0.2) is 5.96 Å². The topological polar surface area (TPSA) is 50.4 Å². The van der Waals surface area contributed by atoms with E-state index in [1.807, 2.05) is 11.3 Å². The van der Waals surface area contributed by atoms with Gasteiger partial charge in [0, 0.05) is 18.0 Å². The van der Waals surface area contributed by atoms with Crippen LogP contribution in [0.5, 0.6) is 0 Å². The van der Waals surface area contributed by atoms with Crippen molar-refractivity contribution in [2.75, 3.05) is 13.1 Å². The molecule has 0 aliphatic heterocycles. The summed E-state index contributed by atoms with van der Waals surface area (Å²) in [5.41, 5.74) is 5.72. The standard InChI is InChI=1S/C11H18IN3S.HI/c1-2-3-7-14-11(13)15-8-6-9-4-5-10(12)16-9;/h4-5H,2-3,6-8H2,1H3,(H3,13,14,15);1H. The molecule has 17 heavy (non-hydrogen) atoms. The average Bonchev–Trinajstić information content (AvgIpc) is 2.65. The number of aliphatic imine (C=N–C) groups is 1. The monoisotopic (exact) mass is 479 g/mol. The van der Waals surface area contributed by atoms with Crippen molar-refractivity contribution >= 4 is 63.9 Å². The van der Waals surface area contributed by atoms with Gasteiger partial charge in [0.2, 0.25) is 0 Å². The molecule has 0 radical (unpaired) electrons. The molecule has 0 atom stereocenters. The van der Waals surface area contributed by atoms with E-state index in [4.69, 9.17) is 5.73 Å². The van der Waals surface area contributed by atoms with E-state index in [2.05, 4.69) is 52.0 Å². The van der Waals surface area contributed by atoms with E-state index < -0.39 is 0 Å². The minimum atomic E-state index is 0. The Hall–Kier alpha value is 0.430. The second-order valence-electron chi connectivity index (χ2n) is 3.50. The lowest BCUT2D eigenvalue weighted by Crippen LogP contribution is -2.33. The van der Waals surface area contributed by atoms with Crippen LogP contribution in [0.3, 0.4) is 0 Å². The van der Waals surface area contributed by atoms with Gasteiger partial charge in [-0.2, -0.15) is 0 Å². The molecule has 0 fully saturated rings. The lowest BCUT2D eigenvalue weighted by atomic mass is 10.3. The Morgan fingerprint density at radius 3 is 2.88 bits per heavy atom. The first-order chi connectivity index (χ1) is 7.72. The molecular formula is C11H19I2N3S. The summed E-state index contributed by atoms with van der Waals surface area (Å²) in [5, 5.41) is 3.13. The third-order valence-electron chi connectivity index (χ3n) is 2.10. The number of hydrogen-bond acceptors (Lipinski definition) is 2. The summed E-state index contributed by atoms with van der Waals surface area (Å²) in [6, 6.07) is 4.30. The van der Waals surface area contributed by atoms with E-state index >= 15 is 0 Å². The maximum Gasteiger partial charge on any atom is 0.188 e. The van der Waals surface area contributed by atoms with Crippen LogP contribution in [0.15, 0.2) is 17.1 Å². The van der Waals surface area contributed by atoms with Crippen molar-refractivity contribution in [3.8, 4) is 0 Å². The van der Waals surface area contributed by atoms with Crippen molar-refractivity contribution < 1.29 is 0 Å². The molecule has 1 aromatic heterocycles. The summed E-state index contributed by atoms with van der Waals surface area (Å²) in [4.78, 5) is 5.62. The molecule has 0 unspecified atom stereocenters. The Balaban J connectivity index is 0.00000256.